The first-order valence-electron chi connectivity index (χ1n) is 12.8. The minimum Gasteiger partial charge on any atom is -0.228 e. The Hall–Kier alpha value is -3.75. The molecular formula is C34H27ClN2. The van der Waals surface area contributed by atoms with Gasteiger partial charge in [0.2, 0.25) is 0 Å². The fourth-order valence-corrected chi connectivity index (χ4v) is 6.60. The van der Waals surface area contributed by atoms with Gasteiger partial charge in [0.25, 0.3) is 0 Å². The lowest BCUT2D eigenvalue weighted by Crippen LogP contribution is -2.15. The lowest BCUT2D eigenvalue weighted by atomic mass is 9.82. The second-order valence-corrected chi connectivity index (χ2v) is 11.6. The number of nitrogens with zero attached hydrogens (tertiary/aromatic N) is 2. The van der Waals surface area contributed by atoms with Crippen molar-refractivity contribution in [2.75, 3.05) is 0 Å². The van der Waals surface area contributed by atoms with Crippen molar-refractivity contribution in [3.63, 3.8) is 0 Å². The van der Waals surface area contributed by atoms with E-state index in [9.17, 15) is 0 Å². The number of halogens is 1. The highest BCUT2D eigenvalue weighted by atomic mass is 35.5. The Labute approximate surface area is 223 Å². The van der Waals surface area contributed by atoms with E-state index >= 15 is 0 Å². The molecule has 0 N–H and O–H groups in total. The van der Waals surface area contributed by atoms with Crippen molar-refractivity contribution in [2.24, 2.45) is 0 Å². The van der Waals surface area contributed by atoms with Gasteiger partial charge in [-0.05, 0) is 56.6 Å². The highest BCUT2D eigenvalue weighted by Crippen LogP contribution is 2.50. The van der Waals surface area contributed by atoms with E-state index in [1.165, 1.54) is 44.5 Å². The normalized spacial score (nSPS) is 15.6. The molecule has 0 aliphatic heterocycles. The highest BCUT2D eigenvalue weighted by Gasteiger charge is 2.36. The van der Waals surface area contributed by atoms with Crippen LogP contribution in [-0.4, -0.2) is 9.97 Å². The van der Waals surface area contributed by atoms with E-state index in [1.807, 2.05) is 6.07 Å². The average Bonchev–Trinajstić information content (AvgIpc) is 3.28. The summed E-state index contributed by atoms with van der Waals surface area (Å²) >= 11 is 6.59. The number of benzene rings is 4. The van der Waals surface area contributed by atoms with Gasteiger partial charge in [0, 0.05) is 28.0 Å². The molecule has 0 fully saturated rings. The molecule has 5 aromatic rings. The van der Waals surface area contributed by atoms with E-state index < -0.39 is 0 Å². The SMILES string of the molecule is CC1(C)c2ccccc2-c2cc(-c3nc(Cl)cc(-c4ccc5c(c4)C(C)(C)c4ccccc4-5)n3)ccc21. The van der Waals surface area contributed by atoms with Gasteiger partial charge < -0.3 is 0 Å². The van der Waals surface area contributed by atoms with Crippen molar-refractivity contribution >= 4 is 11.6 Å². The summed E-state index contributed by atoms with van der Waals surface area (Å²) in [5.74, 6) is 0.649. The van der Waals surface area contributed by atoms with E-state index in [0.717, 1.165) is 16.8 Å². The largest absolute Gasteiger partial charge is 0.228 e. The molecule has 2 aliphatic rings. The molecule has 1 heterocycles. The van der Waals surface area contributed by atoms with Crippen LogP contribution < -0.4 is 0 Å². The van der Waals surface area contributed by atoms with Crippen LogP contribution in [0.25, 0.3) is 44.9 Å². The molecule has 0 bridgehead atoms. The van der Waals surface area contributed by atoms with Gasteiger partial charge in [-0.15, -0.1) is 0 Å². The number of rotatable bonds is 2. The molecule has 0 atom stereocenters. The lowest BCUT2D eigenvalue weighted by Gasteiger charge is -2.22. The molecule has 0 saturated heterocycles. The number of fused-ring (bicyclic) bond motifs is 6. The molecular weight excluding hydrogens is 472 g/mol. The maximum atomic E-state index is 6.59. The van der Waals surface area contributed by atoms with Crippen LogP contribution in [0.15, 0.2) is 91.0 Å². The Morgan fingerprint density at radius 2 is 1.08 bits per heavy atom. The fraction of sp³-hybridized carbons (Fsp3) is 0.176. The summed E-state index contributed by atoms with van der Waals surface area (Å²) in [5, 5.41) is 0.448. The molecule has 0 spiro atoms. The first-order valence-corrected chi connectivity index (χ1v) is 13.2. The lowest BCUT2D eigenvalue weighted by molar-refractivity contribution is 0.660. The number of aromatic nitrogens is 2. The smallest absolute Gasteiger partial charge is 0.161 e. The predicted octanol–water partition coefficient (Wildman–Crippen LogP) is 9.08. The van der Waals surface area contributed by atoms with Gasteiger partial charge in [-0.25, -0.2) is 9.97 Å². The molecule has 3 heteroatoms. The third kappa shape index (κ3) is 3.19. The van der Waals surface area contributed by atoms with Gasteiger partial charge in [0.15, 0.2) is 5.82 Å². The van der Waals surface area contributed by atoms with Crippen LogP contribution in [0.1, 0.15) is 49.9 Å². The Kier molecular flexibility index (Phi) is 4.63. The second kappa shape index (κ2) is 7.63. The Balaban J connectivity index is 1.34. The minimum atomic E-state index is -0.0677. The number of hydrogen-bond donors (Lipinski definition) is 0. The van der Waals surface area contributed by atoms with E-state index in [2.05, 4.69) is 118 Å². The van der Waals surface area contributed by atoms with Gasteiger partial charge in [-0.1, -0.05) is 112 Å². The summed E-state index contributed by atoms with van der Waals surface area (Å²) in [5.41, 5.74) is 13.3. The van der Waals surface area contributed by atoms with E-state index in [1.54, 1.807) is 0 Å². The molecule has 37 heavy (non-hydrogen) atoms. The first-order chi connectivity index (χ1) is 17.7. The molecule has 1 aromatic heterocycles. The Morgan fingerprint density at radius 1 is 0.514 bits per heavy atom. The zero-order chi connectivity index (χ0) is 25.5. The van der Waals surface area contributed by atoms with Crippen LogP contribution in [0.3, 0.4) is 0 Å². The summed E-state index contributed by atoms with van der Waals surface area (Å²) in [6, 6.07) is 32.5. The zero-order valence-corrected chi connectivity index (χ0v) is 22.2. The van der Waals surface area contributed by atoms with Crippen molar-refractivity contribution in [1.82, 2.24) is 9.97 Å². The summed E-state index contributed by atoms with van der Waals surface area (Å²) < 4.78 is 0. The van der Waals surface area contributed by atoms with E-state index in [-0.39, 0.29) is 10.8 Å². The van der Waals surface area contributed by atoms with Crippen LogP contribution >= 0.6 is 11.6 Å². The van der Waals surface area contributed by atoms with E-state index in [0.29, 0.717) is 11.0 Å². The van der Waals surface area contributed by atoms with Crippen molar-refractivity contribution in [2.45, 2.75) is 38.5 Å². The van der Waals surface area contributed by atoms with Crippen molar-refractivity contribution in [3.8, 4) is 44.9 Å². The Bertz CT molecular complexity index is 1750. The molecule has 7 rings (SSSR count). The highest BCUT2D eigenvalue weighted by molar-refractivity contribution is 6.29. The van der Waals surface area contributed by atoms with Gasteiger partial charge >= 0.3 is 0 Å². The van der Waals surface area contributed by atoms with Crippen molar-refractivity contribution in [1.29, 1.82) is 0 Å². The van der Waals surface area contributed by atoms with Gasteiger partial charge in [-0.2, -0.15) is 0 Å². The average molecular weight is 499 g/mol. The maximum Gasteiger partial charge on any atom is 0.161 e. The molecule has 0 amide bonds. The molecule has 2 aliphatic carbocycles. The topological polar surface area (TPSA) is 25.8 Å². The molecule has 180 valence electrons. The van der Waals surface area contributed by atoms with Crippen LogP contribution in [0, 0.1) is 0 Å². The summed E-state index contributed by atoms with van der Waals surface area (Å²) in [4.78, 5) is 9.65. The van der Waals surface area contributed by atoms with Crippen molar-refractivity contribution in [3.05, 3.63) is 118 Å². The fourth-order valence-electron chi connectivity index (χ4n) is 6.42. The molecule has 0 radical (unpaired) electrons. The summed E-state index contributed by atoms with van der Waals surface area (Å²) in [7, 11) is 0. The first kappa shape index (κ1) is 22.4. The van der Waals surface area contributed by atoms with Gasteiger partial charge in [-0.3, -0.25) is 0 Å². The third-order valence-corrected chi connectivity index (χ3v) is 8.61. The minimum absolute atomic E-state index is 0.0282. The van der Waals surface area contributed by atoms with Gasteiger partial charge in [0.1, 0.15) is 5.15 Å². The summed E-state index contributed by atoms with van der Waals surface area (Å²) in [6.45, 7) is 9.17. The van der Waals surface area contributed by atoms with Crippen LogP contribution in [0.5, 0.6) is 0 Å². The van der Waals surface area contributed by atoms with E-state index in [4.69, 9.17) is 16.6 Å². The predicted molar refractivity (Wildman–Crippen MR) is 153 cm³/mol. The molecule has 2 nitrogen and oxygen atoms in total. The van der Waals surface area contributed by atoms with Crippen molar-refractivity contribution < 1.29 is 0 Å². The molecule has 4 aromatic carbocycles. The van der Waals surface area contributed by atoms with Crippen LogP contribution in [0.4, 0.5) is 0 Å². The zero-order valence-electron chi connectivity index (χ0n) is 21.4. The molecule has 0 saturated carbocycles. The third-order valence-electron chi connectivity index (χ3n) is 8.42. The number of hydrogen-bond acceptors (Lipinski definition) is 2. The standard InChI is InChI=1S/C34H27ClN2/c1-33(2)27-12-8-6-10-23(27)25-17-21(14-16-28(25)33)32-36-30(19-31(35)37-32)20-13-15-24-22-9-5-7-11-26(22)34(3,4)29(24)18-20/h5-19H,1-4H3. The van der Waals surface area contributed by atoms with Gasteiger partial charge in [0.05, 0.1) is 5.69 Å². The quantitative estimate of drug-likeness (QED) is 0.227. The maximum absolute atomic E-state index is 6.59. The second-order valence-electron chi connectivity index (χ2n) is 11.3. The summed E-state index contributed by atoms with van der Waals surface area (Å²) in [6.07, 6.45) is 0. The monoisotopic (exact) mass is 498 g/mol. The van der Waals surface area contributed by atoms with Crippen LogP contribution in [0.2, 0.25) is 5.15 Å². The Morgan fingerprint density at radius 3 is 1.81 bits per heavy atom. The molecule has 0 unspecified atom stereocenters. The van der Waals surface area contributed by atoms with Crippen LogP contribution in [-0.2, 0) is 10.8 Å².